The molecule has 5 aliphatic heterocycles. The number of allylic oxidation sites excluding steroid dienone is 1. The SMILES string of the molecule is CCCCCCCCCCCCC/C=C/[C@@H](O)[C@H](CO[C@@H]1OC(CO)[C@@H](O[C@@H]2OC(CO)[C@H](O[C@@H]3OC(CO)[C@H](O)[C@H](O[C@@H]4OC(CO)[C@H](O)[C@H](O[C@]5(C(=O)O)CC(O)[C@@H](NC(C)=O)C([C@H](O)[C@H](O)CO)O5)C4NC(C)=O)C3O)[C@H](O)C2O)[C@H](O)C1O)NC(=O)CCCCCCCCCCCCCCCCC. The van der Waals surface area contributed by atoms with Gasteiger partial charge >= 0.3 is 5.97 Å². The lowest BCUT2D eigenvalue weighted by Crippen LogP contribution is -2.72. The van der Waals surface area contributed by atoms with Crippen molar-refractivity contribution in [2.45, 2.75) is 385 Å². The van der Waals surface area contributed by atoms with E-state index in [1.54, 1.807) is 6.08 Å². The summed E-state index contributed by atoms with van der Waals surface area (Å²) in [7, 11) is 0. The van der Waals surface area contributed by atoms with Crippen LogP contribution in [-0.2, 0) is 66.5 Å². The van der Waals surface area contributed by atoms with Crippen molar-refractivity contribution < 1.29 is 153 Å². The summed E-state index contributed by atoms with van der Waals surface area (Å²) in [6.45, 7) is 0.600. The summed E-state index contributed by atoms with van der Waals surface area (Å²) < 4.78 is 58.8. The molecule has 107 heavy (non-hydrogen) atoms. The first kappa shape index (κ1) is 94.2. The first-order valence-corrected chi connectivity index (χ1v) is 39.1. The maximum atomic E-state index is 13.5. The van der Waals surface area contributed by atoms with Gasteiger partial charge in [-0.15, -0.1) is 0 Å². The number of amides is 3. The van der Waals surface area contributed by atoms with Crippen LogP contribution in [0.25, 0.3) is 0 Å². The summed E-state index contributed by atoms with van der Waals surface area (Å²) >= 11 is 0. The van der Waals surface area contributed by atoms with Crippen molar-refractivity contribution >= 4 is 23.7 Å². The van der Waals surface area contributed by atoms with Gasteiger partial charge in [0.25, 0.3) is 5.79 Å². The average molecular weight is 1550 g/mol. The van der Waals surface area contributed by atoms with Crippen LogP contribution in [0.1, 0.15) is 214 Å². The van der Waals surface area contributed by atoms with E-state index in [0.717, 1.165) is 65.2 Å². The Morgan fingerprint density at radius 2 is 0.897 bits per heavy atom. The third-order valence-electron chi connectivity index (χ3n) is 20.6. The maximum Gasteiger partial charge on any atom is 0.364 e. The fraction of sp³-hybridized carbons (Fsp3) is 0.918. The Balaban J connectivity index is 1.24. The second-order valence-corrected chi connectivity index (χ2v) is 29.3. The number of hydrogen-bond acceptors (Lipinski definition) is 30. The summed E-state index contributed by atoms with van der Waals surface area (Å²) in [5.41, 5.74) is 0. The van der Waals surface area contributed by atoms with Crippen LogP contribution in [-0.4, -0.2) is 321 Å². The number of carbonyl (C=O) groups excluding carboxylic acids is 3. The van der Waals surface area contributed by atoms with Crippen molar-refractivity contribution in [3.63, 3.8) is 0 Å². The summed E-state index contributed by atoms with van der Waals surface area (Å²) in [5.74, 6) is -7.38. The molecule has 0 aromatic rings. The molecule has 34 heteroatoms. The molecule has 624 valence electrons. The first-order valence-electron chi connectivity index (χ1n) is 39.1. The lowest BCUT2D eigenvalue weighted by Gasteiger charge is -2.52. The normalized spacial score (nSPS) is 34.6. The smallest absolute Gasteiger partial charge is 0.364 e. The molecule has 0 bridgehead atoms. The fourth-order valence-corrected chi connectivity index (χ4v) is 14.3. The minimum Gasteiger partial charge on any atom is -0.477 e. The number of ether oxygens (including phenoxy) is 10. The molecule has 28 atom stereocenters. The molecular formula is C73H131N3O31. The predicted molar refractivity (Wildman–Crippen MR) is 378 cm³/mol. The zero-order chi connectivity index (χ0) is 78.8. The topological polar surface area (TPSA) is 541 Å². The third-order valence-corrected chi connectivity index (χ3v) is 20.6. The molecule has 5 saturated heterocycles. The summed E-state index contributed by atoms with van der Waals surface area (Å²) in [4.78, 5) is 51.9. The van der Waals surface area contributed by atoms with Crippen LogP contribution in [0.15, 0.2) is 12.2 Å². The molecule has 34 nitrogen and oxygen atoms in total. The van der Waals surface area contributed by atoms with Gasteiger partial charge in [-0.1, -0.05) is 180 Å². The molecule has 0 aromatic heterocycles. The molecule has 0 saturated carbocycles. The van der Waals surface area contributed by atoms with Crippen molar-refractivity contribution in [1.29, 1.82) is 0 Å². The number of nitrogens with one attached hydrogen (secondary N) is 3. The van der Waals surface area contributed by atoms with Gasteiger partial charge in [0.1, 0.15) is 116 Å². The van der Waals surface area contributed by atoms with E-state index in [9.17, 15) is 106 Å². The van der Waals surface area contributed by atoms with E-state index in [4.69, 9.17) is 47.4 Å². The molecule has 0 aromatic carbocycles. The molecule has 5 rings (SSSR count). The Labute approximate surface area is 627 Å². The molecule has 0 aliphatic carbocycles. The molecule has 3 amide bonds. The van der Waals surface area contributed by atoms with E-state index in [0.29, 0.717) is 12.8 Å². The maximum absolute atomic E-state index is 13.5. The van der Waals surface area contributed by atoms with Gasteiger partial charge < -0.3 is 150 Å². The van der Waals surface area contributed by atoms with Gasteiger partial charge in [0, 0.05) is 26.7 Å². The van der Waals surface area contributed by atoms with Gasteiger partial charge in [0.2, 0.25) is 17.7 Å². The van der Waals surface area contributed by atoms with E-state index >= 15 is 0 Å². The van der Waals surface area contributed by atoms with E-state index in [-0.39, 0.29) is 12.3 Å². The summed E-state index contributed by atoms with van der Waals surface area (Å²) in [6.07, 6.45) is -14.4. The average Bonchev–Trinajstić information content (AvgIpc) is 0.759. The van der Waals surface area contributed by atoms with Gasteiger partial charge in [-0.05, 0) is 19.3 Å². The zero-order valence-electron chi connectivity index (χ0n) is 62.8. The Morgan fingerprint density at radius 3 is 1.36 bits per heavy atom. The van der Waals surface area contributed by atoms with Crippen molar-refractivity contribution in [1.82, 2.24) is 16.0 Å². The first-order chi connectivity index (χ1) is 51.3. The minimum absolute atomic E-state index is 0.179. The van der Waals surface area contributed by atoms with Gasteiger partial charge in [0.05, 0.1) is 63.9 Å². The highest BCUT2D eigenvalue weighted by Crippen LogP contribution is 2.40. The fourth-order valence-electron chi connectivity index (χ4n) is 14.3. The van der Waals surface area contributed by atoms with E-state index in [1.165, 1.54) is 109 Å². The standard InChI is InChI=1S/C73H131N3O31/c1-5-7-9-11-13-15-17-19-20-22-24-26-28-30-32-34-52(87)76-44(45(84)33-31-29-27-25-23-21-18-16-14-12-10-8-6-2)41-98-69-60(93)58(91)63(50(39-80)101-69)103-70-61(94)59(92)64(51(40-81)102-70)104-71-62(95)67(57(90)49(38-79)100-71)105-68-54(75-43(4)83)66(56(89)48(37-78)99-68)107-73(72(96)97)35-46(85)53(74-42(3)82)65(106-73)55(88)47(86)36-77/h31,33,44-51,53-71,77-81,84-86,88-95H,5-30,32,34-41H2,1-4H3,(H,74,82)(H,75,83)(H,76,87)(H,96,97)/b33-31+/t44-,45+,46?,47+,48?,49?,50?,51?,53+,54?,55+,56-,57-,58+,59+,60?,61?,62?,63+,64-,65?,66+,67-,68-,69+,70-,71-,73-/m0/s1. The van der Waals surface area contributed by atoms with Gasteiger partial charge in [-0.3, -0.25) is 14.4 Å². The number of rotatable bonds is 52. The highest BCUT2D eigenvalue weighted by Gasteiger charge is 2.61. The second-order valence-electron chi connectivity index (χ2n) is 29.3. The highest BCUT2D eigenvalue weighted by atomic mass is 16.8. The monoisotopic (exact) mass is 1550 g/mol. The van der Waals surface area contributed by atoms with Crippen molar-refractivity contribution in [3.05, 3.63) is 12.2 Å². The second kappa shape index (κ2) is 49.9. The molecule has 5 heterocycles. The molecule has 0 spiro atoms. The van der Waals surface area contributed by atoms with Gasteiger partial charge in [0.15, 0.2) is 25.2 Å². The third kappa shape index (κ3) is 29.2. The molecule has 20 N–H and O–H groups in total. The van der Waals surface area contributed by atoms with Crippen LogP contribution in [0, 0.1) is 0 Å². The Hall–Kier alpha value is -3.42. The predicted octanol–water partition coefficient (Wildman–Crippen LogP) is -1.04. The van der Waals surface area contributed by atoms with Crippen molar-refractivity contribution in [3.8, 4) is 0 Å². The van der Waals surface area contributed by atoms with Gasteiger partial charge in [-0.2, -0.15) is 0 Å². The van der Waals surface area contributed by atoms with Crippen LogP contribution in [0.3, 0.4) is 0 Å². The van der Waals surface area contributed by atoms with E-state index in [2.05, 4.69) is 29.8 Å². The van der Waals surface area contributed by atoms with Crippen molar-refractivity contribution in [2.75, 3.05) is 39.6 Å². The quantitative estimate of drug-likeness (QED) is 0.0255. The lowest BCUT2D eigenvalue weighted by atomic mass is 9.88. The molecule has 0 radical (unpaired) electrons. The summed E-state index contributed by atoms with van der Waals surface area (Å²) in [5, 5.41) is 196. The van der Waals surface area contributed by atoms with Crippen LogP contribution < -0.4 is 16.0 Å². The summed E-state index contributed by atoms with van der Waals surface area (Å²) in [6, 6.07) is -4.72. The number of carboxylic acids is 1. The van der Waals surface area contributed by atoms with Crippen LogP contribution >= 0.6 is 0 Å². The van der Waals surface area contributed by atoms with Crippen LogP contribution in [0.5, 0.6) is 0 Å². The Morgan fingerprint density at radius 1 is 0.486 bits per heavy atom. The van der Waals surface area contributed by atoms with Crippen LogP contribution in [0.2, 0.25) is 0 Å². The number of carbonyl (C=O) groups is 4. The minimum atomic E-state index is -3.20. The highest BCUT2D eigenvalue weighted by molar-refractivity contribution is 5.77. The molecule has 10 unspecified atom stereocenters. The van der Waals surface area contributed by atoms with Crippen LogP contribution in [0.4, 0.5) is 0 Å². The van der Waals surface area contributed by atoms with E-state index in [1.807, 2.05) is 6.08 Å². The van der Waals surface area contributed by atoms with Crippen molar-refractivity contribution in [2.24, 2.45) is 0 Å². The molecule has 5 fully saturated rings. The molecular weight excluding hydrogens is 1410 g/mol. The largest absolute Gasteiger partial charge is 0.477 e. The number of unbranched alkanes of at least 4 members (excludes halogenated alkanes) is 25. The number of aliphatic hydroxyl groups excluding tert-OH is 16. The Kier molecular flexibility index (Phi) is 44.0. The number of carboxylic acid groups (broad SMARTS) is 1. The number of aliphatic hydroxyl groups is 16. The molecule has 5 aliphatic rings. The number of aliphatic carboxylic acids is 1. The lowest BCUT2D eigenvalue weighted by molar-refractivity contribution is -0.390. The zero-order valence-corrected chi connectivity index (χ0v) is 62.8. The number of hydrogen-bond donors (Lipinski definition) is 20. The Bertz CT molecular complexity index is 2500. The van der Waals surface area contributed by atoms with Gasteiger partial charge in [-0.25, -0.2) is 4.79 Å². The van der Waals surface area contributed by atoms with E-state index < -0.39 is 235 Å².